The van der Waals surface area contributed by atoms with Gasteiger partial charge in [0, 0.05) is 36.6 Å². The van der Waals surface area contributed by atoms with Crippen LogP contribution in [0.25, 0.3) is 21.9 Å². The number of hydrogen-bond acceptors (Lipinski definition) is 6. The van der Waals surface area contributed by atoms with Crippen molar-refractivity contribution in [3.63, 3.8) is 0 Å². The molecule has 7 rings (SSSR count). The minimum Gasteiger partial charge on any atom is -0.480 e. The van der Waals surface area contributed by atoms with Gasteiger partial charge in [-0.05, 0) is 62.7 Å². The van der Waals surface area contributed by atoms with Crippen LogP contribution in [-0.4, -0.2) is 58.1 Å². The first kappa shape index (κ1) is 35.6. The van der Waals surface area contributed by atoms with Crippen LogP contribution in [0.1, 0.15) is 38.5 Å². The molecule has 2 unspecified atom stereocenters. The molecule has 2 amide bonds. The molecule has 0 spiro atoms. The Hall–Kier alpha value is -6.81. The smallest absolute Gasteiger partial charge is 0.407 e. The highest BCUT2D eigenvalue weighted by Gasteiger charge is 2.34. The topological polar surface area (TPSA) is 139 Å². The highest BCUT2D eigenvalue weighted by atomic mass is 16.6. The number of alkyl carbamates (subject to hydrolysis) is 1. The van der Waals surface area contributed by atoms with E-state index in [1.165, 1.54) is 29.2 Å². The number of rotatable bonds is 13. The van der Waals surface area contributed by atoms with Crippen LogP contribution >= 0.6 is 0 Å². The van der Waals surface area contributed by atoms with Crippen molar-refractivity contribution in [1.29, 1.82) is 0 Å². The summed E-state index contributed by atoms with van der Waals surface area (Å²) >= 11 is 0. The monoisotopic (exact) mass is 719 g/mol. The molecule has 0 fully saturated rings. The molecule has 0 bridgehead atoms. The van der Waals surface area contributed by atoms with Crippen molar-refractivity contribution in [2.75, 3.05) is 13.2 Å². The highest BCUT2D eigenvalue weighted by molar-refractivity contribution is 6.00. The number of aliphatic carboxylic acids is 1. The third-order valence-electron chi connectivity index (χ3n) is 9.90. The molecule has 0 radical (unpaired) electrons. The van der Waals surface area contributed by atoms with E-state index in [-0.39, 0.29) is 43.2 Å². The molecule has 0 heterocycles. The summed E-state index contributed by atoms with van der Waals surface area (Å²) in [6.07, 6.45) is -0.551. The molecule has 54 heavy (non-hydrogen) atoms. The summed E-state index contributed by atoms with van der Waals surface area (Å²) in [5.74, 6) is -1.97. The van der Waals surface area contributed by atoms with Crippen LogP contribution in [0.5, 0.6) is 0 Å². The van der Waals surface area contributed by atoms with E-state index in [4.69, 9.17) is 4.74 Å². The second-order valence-corrected chi connectivity index (χ2v) is 13.4. The van der Waals surface area contributed by atoms with Crippen LogP contribution in [0.2, 0.25) is 0 Å². The Morgan fingerprint density at radius 1 is 0.722 bits per heavy atom. The van der Waals surface area contributed by atoms with Crippen LogP contribution < -0.4 is 5.32 Å². The molecule has 2 N–H and O–H groups in total. The van der Waals surface area contributed by atoms with Crippen molar-refractivity contribution in [2.45, 2.75) is 30.8 Å². The number of amides is 2. The Labute approximate surface area is 311 Å². The quantitative estimate of drug-likeness (QED) is 0.0910. The number of nitro benzene ring substituents is 1. The zero-order chi connectivity index (χ0) is 37.6. The predicted octanol–water partition coefficient (Wildman–Crippen LogP) is 8.04. The van der Waals surface area contributed by atoms with Gasteiger partial charge >= 0.3 is 12.1 Å². The van der Waals surface area contributed by atoms with E-state index in [1.54, 1.807) is 12.1 Å². The molecule has 6 aromatic carbocycles. The predicted molar refractivity (Wildman–Crippen MR) is 205 cm³/mol. The fraction of sp³-hybridized carbons (Fsp3) is 0.159. The minimum absolute atomic E-state index is 0.0789. The number of ether oxygens (including phenoxy) is 1. The summed E-state index contributed by atoms with van der Waals surface area (Å²) in [6, 6.07) is 41.7. The summed E-state index contributed by atoms with van der Waals surface area (Å²) in [5.41, 5.74) is 5.83. The molecule has 0 aromatic heterocycles. The number of nitrogens with zero attached hydrogens (tertiary/aromatic N) is 2. The van der Waals surface area contributed by atoms with Crippen LogP contribution in [0.3, 0.4) is 0 Å². The fourth-order valence-corrected chi connectivity index (χ4v) is 7.25. The minimum atomic E-state index is -1.38. The van der Waals surface area contributed by atoms with Crippen molar-refractivity contribution in [1.82, 2.24) is 10.2 Å². The maximum atomic E-state index is 14.5. The number of carboxylic acid groups (broad SMARTS) is 1. The van der Waals surface area contributed by atoms with Crippen molar-refractivity contribution >= 4 is 34.4 Å². The second kappa shape index (κ2) is 15.8. The van der Waals surface area contributed by atoms with Crippen LogP contribution in [-0.2, 0) is 22.4 Å². The molecule has 1 aliphatic rings. The van der Waals surface area contributed by atoms with Crippen LogP contribution in [0, 0.1) is 10.1 Å². The van der Waals surface area contributed by atoms with E-state index in [0.29, 0.717) is 5.56 Å². The first-order valence-electron chi connectivity index (χ1n) is 17.7. The Bertz CT molecular complexity index is 2280. The molecular formula is C44H37N3O7. The summed E-state index contributed by atoms with van der Waals surface area (Å²) in [5, 5.41) is 26.6. The molecule has 0 saturated carbocycles. The van der Waals surface area contributed by atoms with Crippen LogP contribution in [0.4, 0.5) is 10.5 Å². The molecule has 10 heteroatoms. The first-order valence-corrected chi connectivity index (χ1v) is 17.7. The largest absolute Gasteiger partial charge is 0.480 e. The van der Waals surface area contributed by atoms with E-state index >= 15 is 0 Å². The number of non-ortho nitro benzene ring substituents is 1. The van der Waals surface area contributed by atoms with Gasteiger partial charge in [-0.15, -0.1) is 0 Å². The Morgan fingerprint density at radius 3 is 1.96 bits per heavy atom. The SMILES string of the molecule is O=C(NC(Cc1ccccc1)CN(C(=O)c1ccc2ccccc2c1)C(Cc1ccc([N+](=O)[O-])cc1)C(=O)O)OCC1c2ccccc2-c2ccccc21. The molecule has 0 saturated heterocycles. The van der Waals surface area contributed by atoms with Gasteiger partial charge in [0.1, 0.15) is 12.6 Å². The number of nitrogens with one attached hydrogen (secondary N) is 1. The lowest BCUT2D eigenvalue weighted by Crippen LogP contribution is -2.53. The Balaban J connectivity index is 1.18. The van der Waals surface area contributed by atoms with Gasteiger partial charge in [0.15, 0.2) is 0 Å². The van der Waals surface area contributed by atoms with E-state index < -0.39 is 35.0 Å². The van der Waals surface area contributed by atoms with E-state index in [9.17, 15) is 29.6 Å². The normalized spacial score (nSPS) is 13.0. The highest BCUT2D eigenvalue weighted by Crippen LogP contribution is 2.44. The molecule has 270 valence electrons. The lowest BCUT2D eigenvalue weighted by atomic mass is 9.98. The number of hydrogen-bond donors (Lipinski definition) is 2. The third-order valence-corrected chi connectivity index (χ3v) is 9.90. The molecule has 2 atom stereocenters. The lowest BCUT2D eigenvalue weighted by molar-refractivity contribution is -0.384. The van der Waals surface area contributed by atoms with Crippen molar-refractivity contribution < 1.29 is 29.2 Å². The van der Waals surface area contributed by atoms with E-state index in [1.807, 2.05) is 97.1 Å². The van der Waals surface area contributed by atoms with Crippen LogP contribution in [0.15, 0.2) is 146 Å². The van der Waals surface area contributed by atoms with Gasteiger partial charge in [0.25, 0.3) is 11.6 Å². The van der Waals surface area contributed by atoms with Gasteiger partial charge < -0.3 is 20.1 Å². The van der Waals surface area contributed by atoms with Gasteiger partial charge in [-0.1, -0.05) is 121 Å². The van der Waals surface area contributed by atoms with E-state index in [0.717, 1.165) is 38.6 Å². The third kappa shape index (κ3) is 7.83. The van der Waals surface area contributed by atoms with Crippen molar-refractivity contribution in [3.8, 4) is 11.1 Å². The van der Waals surface area contributed by atoms with Gasteiger partial charge in [-0.3, -0.25) is 14.9 Å². The fourth-order valence-electron chi connectivity index (χ4n) is 7.25. The number of carbonyl (C=O) groups is 3. The molecule has 1 aliphatic carbocycles. The molecule has 0 aliphatic heterocycles. The average molecular weight is 720 g/mol. The second-order valence-electron chi connectivity index (χ2n) is 13.4. The van der Waals surface area contributed by atoms with Gasteiger partial charge in [-0.25, -0.2) is 9.59 Å². The maximum absolute atomic E-state index is 14.5. The summed E-state index contributed by atoms with van der Waals surface area (Å²) in [4.78, 5) is 53.3. The first-order chi connectivity index (χ1) is 26.2. The van der Waals surface area contributed by atoms with Gasteiger partial charge in [-0.2, -0.15) is 0 Å². The molecule has 6 aromatic rings. The average Bonchev–Trinajstić information content (AvgIpc) is 3.51. The maximum Gasteiger partial charge on any atom is 0.407 e. The zero-order valence-corrected chi connectivity index (χ0v) is 29.2. The molecule has 10 nitrogen and oxygen atoms in total. The number of fused-ring (bicyclic) bond motifs is 4. The van der Waals surface area contributed by atoms with E-state index in [2.05, 4.69) is 17.4 Å². The van der Waals surface area contributed by atoms with Crippen molar-refractivity contribution in [3.05, 3.63) is 184 Å². The van der Waals surface area contributed by atoms with Crippen molar-refractivity contribution in [2.24, 2.45) is 0 Å². The Morgan fingerprint density at radius 2 is 1.31 bits per heavy atom. The van der Waals surface area contributed by atoms with Gasteiger partial charge in [0.2, 0.25) is 0 Å². The summed E-state index contributed by atoms with van der Waals surface area (Å²) in [6.45, 7) is -0.0930. The van der Waals surface area contributed by atoms with Gasteiger partial charge in [0.05, 0.1) is 11.0 Å². The zero-order valence-electron chi connectivity index (χ0n) is 29.2. The number of benzene rings is 6. The standard InChI is InChI=1S/C44H37N3O7/c48-42(33-21-20-31-12-4-5-13-32(31)26-33)46(41(43(49)50)25-30-18-22-35(23-19-30)47(52)53)27-34(24-29-10-2-1-3-11-29)45-44(51)54-28-40-38-16-8-6-14-36(38)37-15-7-9-17-39(37)40/h1-23,26,34,40-41H,24-25,27-28H2,(H,45,51)(H,49,50). The Kier molecular flexibility index (Phi) is 10.4. The number of carbonyl (C=O) groups excluding carboxylic acids is 2. The number of carboxylic acids is 1. The number of nitro groups is 1. The lowest BCUT2D eigenvalue weighted by Gasteiger charge is -2.33. The summed E-state index contributed by atoms with van der Waals surface area (Å²) < 4.78 is 5.89. The molecular weight excluding hydrogens is 682 g/mol. The summed E-state index contributed by atoms with van der Waals surface area (Å²) in [7, 11) is 0.